The second-order valence-electron chi connectivity index (χ2n) is 5.11. The lowest BCUT2D eigenvalue weighted by molar-refractivity contribution is 0.537. The summed E-state index contributed by atoms with van der Waals surface area (Å²) in [6.07, 6.45) is 1.03. The maximum Gasteiger partial charge on any atom is 0.242 e. The summed E-state index contributed by atoms with van der Waals surface area (Å²) < 4.78 is 48.5. The van der Waals surface area contributed by atoms with Crippen LogP contribution in [0, 0.1) is 11.3 Å². The molecule has 0 heterocycles. The zero-order valence-corrected chi connectivity index (χ0v) is 14.1. The van der Waals surface area contributed by atoms with Crippen molar-refractivity contribution in [3.63, 3.8) is 0 Å². The topological polar surface area (TPSA) is 104 Å². The van der Waals surface area contributed by atoms with Gasteiger partial charge < -0.3 is 0 Å². The molecule has 0 saturated heterocycles. The molecule has 0 atom stereocenters. The first kappa shape index (κ1) is 17.9. The molecule has 6 nitrogen and oxygen atoms in total. The Morgan fingerprint density at radius 3 is 2.33 bits per heavy atom. The molecule has 0 bridgehead atoms. The van der Waals surface area contributed by atoms with E-state index in [0.717, 1.165) is 12.3 Å². The number of halogens is 1. The number of hydrogen-bond donors (Lipinski definition) is 1. The Balaban J connectivity index is 3.12. The van der Waals surface area contributed by atoms with Crippen molar-refractivity contribution in [2.45, 2.75) is 23.5 Å². The molecule has 1 aromatic carbocycles. The summed E-state index contributed by atoms with van der Waals surface area (Å²) >= 11 is 5.83. The number of nitrogens with zero attached hydrogens (tertiary/aromatic N) is 1. The second-order valence-corrected chi connectivity index (χ2v) is 9.91. The van der Waals surface area contributed by atoms with Gasteiger partial charge in [0.25, 0.3) is 0 Å². The van der Waals surface area contributed by atoms with Gasteiger partial charge in [-0.3, -0.25) is 0 Å². The standard InChI is InChI=1S/C12H15ClN2O4S2/c1-12(2,20(3,16)17)8-15-21(18,19)11-6-9(7-14)4-5-10(11)13/h4-6,15H,8H2,1-3H3. The van der Waals surface area contributed by atoms with Crippen LogP contribution < -0.4 is 4.72 Å². The fourth-order valence-corrected chi connectivity index (χ4v) is 3.42. The van der Waals surface area contributed by atoms with Gasteiger partial charge in [-0.1, -0.05) is 11.6 Å². The van der Waals surface area contributed by atoms with Gasteiger partial charge in [-0.2, -0.15) is 5.26 Å². The molecular formula is C12H15ClN2O4S2. The molecule has 21 heavy (non-hydrogen) atoms. The number of sulfonamides is 1. The van der Waals surface area contributed by atoms with E-state index >= 15 is 0 Å². The van der Waals surface area contributed by atoms with Gasteiger partial charge >= 0.3 is 0 Å². The average molecular weight is 351 g/mol. The molecule has 0 aromatic heterocycles. The third-order valence-corrected chi connectivity index (χ3v) is 7.08. The van der Waals surface area contributed by atoms with Crippen molar-refractivity contribution in [1.29, 1.82) is 5.26 Å². The van der Waals surface area contributed by atoms with E-state index in [4.69, 9.17) is 16.9 Å². The van der Waals surface area contributed by atoms with Gasteiger partial charge in [0.2, 0.25) is 10.0 Å². The number of benzene rings is 1. The smallest absolute Gasteiger partial charge is 0.229 e. The Morgan fingerprint density at radius 2 is 1.86 bits per heavy atom. The highest BCUT2D eigenvalue weighted by molar-refractivity contribution is 7.92. The molecule has 0 amide bonds. The molecule has 116 valence electrons. The molecule has 0 aliphatic rings. The molecule has 0 spiro atoms. The van der Waals surface area contributed by atoms with E-state index in [1.807, 2.05) is 6.07 Å². The Morgan fingerprint density at radius 1 is 1.29 bits per heavy atom. The maximum absolute atomic E-state index is 12.2. The first-order chi connectivity index (χ1) is 9.40. The molecule has 0 aliphatic carbocycles. The highest BCUT2D eigenvalue weighted by Gasteiger charge is 2.32. The Labute approximate surface area is 129 Å². The number of nitriles is 1. The molecule has 1 aromatic rings. The van der Waals surface area contributed by atoms with Gasteiger partial charge in [-0.25, -0.2) is 21.6 Å². The van der Waals surface area contributed by atoms with Crippen LogP contribution in [0.15, 0.2) is 23.1 Å². The Hall–Kier alpha value is -1.14. The number of rotatable bonds is 5. The van der Waals surface area contributed by atoms with Crippen LogP contribution in [0.3, 0.4) is 0 Å². The van der Waals surface area contributed by atoms with E-state index in [9.17, 15) is 16.8 Å². The predicted molar refractivity (Wildman–Crippen MR) is 80.3 cm³/mol. The highest BCUT2D eigenvalue weighted by Crippen LogP contribution is 2.23. The molecule has 0 saturated carbocycles. The van der Waals surface area contributed by atoms with Crippen molar-refractivity contribution in [3.8, 4) is 6.07 Å². The lowest BCUT2D eigenvalue weighted by Crippen LogP contribution is -2.43. The van der Waals surface area contributed by atoms with Crippen molar-refractivity contribution < 1.29 is 16.8 Å². The second kappa shape index (κ2) is 5.93. The SMILES string of the molecule is CC(C)(CNS(=O)(=O)c1cc(C#N)ccc1Cl)S(C)(=O)=O. The summed E-state index contributed by atoms with van der Waals surface area (Å²) in [6, 6.07) is 5.65. The van der Waals surface area contributed by atoms with Crippen LogP contribution in [0.5, 0.6) is 0 Å². The minimum atomic E-state index is -4.01. The third-order valence-electron chi connectivity index (χ3n) is 3.04. The first-order valence-corrected chi connectivity index (χ1v) is 9.55. The summed E-state index contributed by atoms with van der Waals surface area (Å²) in [5, 5.41) is 8.75. The first-order valence-electron chi connectivity index (χ1n) is 5.80. The Kier molecular flexibility index (Phi) is 5.05. The summed E-state index contributed by atoms with van der Waals surface area (Å²) in [7, 11) is -7.46. The molecule has 9 heteroatoms. The molecule has 1 rings (SSSR count). The lowest BCUT2D eigenvalue weighted by atomic mass is 10.2. The molecular weight excluding hydrogens is 336 g/mol. The summed E-state index contributed by atoms with van der Waals surface area (Å²) in [6.45, 7) is 2.53. The van der Waals surface area contributed by atoms with Crippen LogP contribution in [-0.4, -0.2) is 34.4 Å². The van der Waals surface area contributed by atoms with Crippen LogP contribution in [0.25, 0.3) is 0 Å². The maximum atomic E-state index is 12.2. The van der Waals surface area contributed by atoms with Crippen molar-refractivity contribution in [2.24, 2.45) is 0 Å². The van der Waals surface area contributed by atoms with Crippen molar-refractivity contribution in [2.75, 3.05) is 12.8 Å². The predicted octanol–water partition coefficient (Wildman–Crippen LogP) is 1.31. The van der Waals surface area contributed by atoms with Crippen molar-refractivity contribution in [3.05, 3.63) is 28.8 Å². The summed E-state index contributed by atoms with van der Waals surface area (Å²) in [4.78, 5) is -0.257. The molecule has 0 fully saturated rings. The minimum absolute atomic E-state index is 0.0429. The summed E-state index contributed by atoms with van der Waals surface area (Å²) in [5.41, 5.74) is 0.141. The van der Waals surface area contributed by atoms with Crippen LogP contribution >= 0.6 is 11.6 Å². The summed E-state index contributed by atoms with van der Waals surface area (Å²) in [5.74, 6) is 0. The molecule has 0 unspecified atom stereocenters. The average Bonchev–Trinajstić information content (AvgIpc) is 2.36. The van der Waals surface area contributed by atoms with Crippen LogP contribution in [0.1, 0.15) is 19.4 Å². The van der Waals surface area contributed by atoms with Crippen molar-refractivity contribution >= 4 is 31.5 Å². The zero-order chi connectivity index (χ0) is 16.5. The lowest BCUT2D eigenvalue weighted by Gasteiger charge is -2.22. The molecule has 1 N–H and O–H groups in total. The number of nitrogens with one attached hydrogen (secondary N) is 1. The third kappa shape index (κ3) is 4.17. The monoisotopic (exact) mass is 350 g/mol. The van der Waals surface area contributed by atoms with Gasteiger partial charge in [0.05, 0.1) is 21.4 Å². The Bertz CT molecular complexity index is 793. The molecule has 0 aliphatic heterocycles. The van der Waals surface area contributed by atoms with E-state index in [2.05, 4.69) is 4.72 Å². The van der Waals surface area contributed by atoms with Gasteiger partial charge in [0.1, 0.15) is 4.90 Å². The number of sulfone groups is 1. The minimum Gasteiger partial charge on any atom is -0.229 e. The largest absolute Gasteiger partial charge is 0.242 e. The van der Waals surface area contributed by atoms with Crippen LogP contribution in [-0.2, 0) is 19.9 Å². The normalized spacial score (nSPS) is 12.9. The van der Waals surface area contributed by atoms with Gasteiger partial charge in [-0.05, 0) is 32.0 Å². The van der Waals surface area contributed by atoms with Crippen molar-refractivity contribution in [1.82, 2.24) is 4.72 Å². The van der Waals surface area contributed by atoms with E-state index < -0.39 is 24.6 Å². The van der Waals surface area contributed by atoms with E-state index in [1.165, 1.54) is 26.0 Å². The quantitative estimate of drug-likeness (QED) is 0.862. The van der Waals surface area contributed by atoms with Gasteiger partial charge in [-0.15, -0.1) is 0 Å². The van der Waals surface area contributed by atoms with Crippen LogP contribution in [0.2, 0.25) is 5.02 Å². The van der Waals surface area contributed by atoms with Gasteiger partial charge in [0.15, 0.2) is 9.84 Å². The fourth-order valence-electron chi connectivity index (χ4n) is 1.26. The van der Waals surface area contributed by atoms with E-state index in [1.54, 1.807) is 0 Å². The number of hydrogen-bond acceptors (Lipinski definition) is 5. The van der Waals surface area contributed by atoms with Crippen LogP contribution in [0.4, 0.5) is 0 Å². The zero-order valence-electron chi connectivity index (χ0n) is 11.7. The fraction of sp³-hybridized carbons (Fsp3) is 0.417. The van der Waals surface area contributed by atoms with E-state index in [-0.39, 0.29) is 22.0 Å². The van der Waals surface area contributed by atoms with E-state index in [0.29, 0.717) is 0 Å². The molecule has 0 radical (unpaired) electrons. The highest BCUT2D eigenvalue weighted by atomic mass is 35.5. The van der Waals surface area contributed by atoms with Gasteiger partial charge in [0, 0.05) is 12.8 Å².